The van der Waals surface area contributed by atoms with Crippen molar-refractivity contribution in [3.8, 4) is 0 Å². The standard InChI is InChI=1S/C16H24N2O3S/c1-5-10-21-14-8-9-18(12-14)13-6-7-15(17-11-13)22(19,20)16(2,3)4/h5-7,11,14H,1,8-10,12H2,2-4H3. The van der Waals surface area contributed by atoms with Crippen LogP contribution in [0.1, 0.15) is 27.2 Å². The van der Waals surface area contributed by atoms with E-state index in [0.717, 1.165) is 25.2 Å². The van der Waals surface area contributed by atoms with Crippen LogP contribution in [0, 0.1) is 0 Å². The van der Waals surface area contributed by atoms with Crippen LogP contribution in [0.2, 0.25) is 0 Å². The maximum absolute atomic E-state index is 12.4. The minimum Gasteiger partial charge on any atom is -0.372 e. The highest BCUT2D eigenvalue weighted by atomic mass is 32.2. The molecule has 1 unspecified atom stereocenters. The van der Waals surface area contributed by atoms with E-state index in [-0.39, 0.29) is 11.1 Å². The Morgan fingerprint density at radius 2 is 2.18 bits per heavy atom. The summed E-state index contributed by atoms with van der Waals surface area (Å²) in [6, 6.07) is 3.41. The van der Waals surface area contributed by atoms with Gasteiger partial charge in [-0.2, -0.15) is 0 Å². The van der Waals surface area contributed by atoms with Crippen LogP contribution in [0.5, 0.6) is 0 Å². The van der Waals surface area contributed by atoms with Crippen LogP contribution in [0.15, 0.2) is 36.0 Å². The first-order valence-electron chi connectivity index (χ1n) is 7.44. The van der Waals surface area contributed by atoms with Crippen LogP contribution in [0.4, 0.5) is 5.69 Å². The number of pyridine rings is 1. The summed E-state index contributed by atoms with van der Waals surface area (Å²) < 4.78 is 29.5. The molecule has 1 atom stereocenters. The van der Waals surface area contributed by atoms with Crippen molar-refractivity contribution in [2.24, 2.45) is 0 Å². The zero-order chi connectivity index (χ0) is 16.4. The number of aromatic nitrogens is 1. The molecular weight excluding hydrogens is 300 g/mol. The fourth-order valence-corrected chi connectivity index (χ4v) is 3.40. The van der Waals surface area contributed by atoms with Gasteiger partial charge in [0.2, 0.25) is 0 Å². The molecule has 1 aromatic heterocycles. The molecule has 122 valence electrons. The number of sulfone groups is 1. The highest BCUT2D eigenvalue weighted by Gasteiger charge is 2.32. The van der Waals surface area contributed by atoms with Crippen molar-refractivity contribution in [3.63, 3.8) is 0 Å². The second-order valence-corrected chi connectivity index (χ2v) is 9.10. The Hall–Kier alpha value is -1.40. The summed E-state index contributed by atoms with van der Waals surface area (Å²) in [6.45, 7) is 10.9. The lowest BCUT2D eigenvalue weighted by Crippen LogP contribution is -2.29. The van der Waals surface area contributed by atoms with E-state index in [1.165, 1.54) is 0 Å². The number of rotatable bonds is 5. The summed E-state index contributed by atoms with van der Waals surface area (Å²) in [5.41, 5.74) is 0.928. The molecule has 0 radical (unpaired) electrons. The van der Waals surface area contributed by atoms with Crippen LogP contribution in [0.3, 0.4) is 0 Å². The first-order valence-corrected chi connectivity index (χ1v) is 8.92. The fourth-order valence-electron chi connectivity index (χ4n) is 2.34. The lowest BCUT2D eigenvalue weighted by molar-refractivity contribution is 0.0909. The van der Waals surface area contributed by atoms with Crippen molar-refractivity contribution in [3.05, 3.63) is 31.0 Å². The highest BCUT2D eigenvalue weighted by molar-refractivity contribution is 7.92. The third kappa shape index (κ3) is 3.50. The molecule has 0 bridgehead atoms. The van der Waals surface area contributed by atoms with Crippen LogP contribution in [-0.4, -0.2) is 43.9 Å². The molecular formula is C16H24N2O3S. The van der Waals surface area contributed by atoms with Crippen molar-refractivity contribution in [1.82, 2.24) is 4.98 Å². The molecule has 0 aromatic carbocycles. The molecule has 0 aliphatic carbocycles. The van der Waals surface area contributed by atoms with Gasteiger partial charge in [-0.05, 0) is 39.3 Å². The van der Waals surface area contributed by atoms with E-state index in [1.807, 2.05) is 6.07 Å². The first-order chi connectivity index (χ1) is 10.3. The average Bonchev–Trinajstić information content (AvgIpc) is 2.93. The van der Waals surface area contributed by atoms with Crippen molar-refractivity contribution < 1.29 is 13.2 Å². The highest BCUT2D eigenvalue weighted by Crippen LogP contribution is 2.26. The largest absolute Gasteiger partial charge is 0.372 e. The number of ether oxygens (including phenoxy) is 1. The van der Waals surface area contributed by atoms with E-state index in [4.69, 9.17) is 4.74 Å². The summed E-state index contributed by atoms with van der Waals surface area (Å²) in [6.07, 6.45) is 4.52. The molecule has 1 aliphatic heterocycles. The first kappa shape index (κ1) is 17.0. The molecule has 0 spiro atoms. The third-order valence-electron chi connectivity index (χ3n) is 3.76. The summed E-state index contributed by atoms with van der Waals surface area (Å²) in [5.74, 6) is 0. The molecule has 5 nitrogen and oxygen atoms in total. The summed E-state index contributed by atoms with van der Waals surface area (Å²) >= 11 is 0. The predicted octanol–water partition coefficient (Wildman–Crippen LogP) is 2.44. The van der Waals surface area contributed by atoms with Crippen molar-refractivity contribution in [1.29, 1.82) is 0 Å². The quantitative estimate of drug-likeness (QED) is 0.779. The van der Waals surface area contributed by atoms with Gasteiger partial charge in [0.15, 0.2) is 14.9 Å². The number of hydrogen-bond acceptors (Lipinski definition) is 5. The van der Waals surface area contributed by atoms with E-state index < -0.39 is 14.6 Å². The average molecular weight is 324 g/mol. The fraction of sp³-hybridized carbons (Fsp3) is 0.562. The Bertz CT molecular complexity index is 618. The molecule has 2 heterocycles. The van der Waals surface area contributed by atoms with Gasteiger partial charge in [-0.1, -0.05) is 6.08 Å². The van der Waals surface area contributed by atoms with Gasteiger partial charge in [-0.15, -0.1) is 6.58 Å². The van der Waals surface area contributed by atoms with E-state index in [0.29, 0.717) is 6.61 Å². The third-order valence-corrected chi connectivity index (χ3v) is 6.17. The SMILES string of the molecule is C=CCOC1CCN(c2ccc(S(=O)(=O)C(C)(C)C)nc2)C1. The predicted molar refractivity (Wildman–Crippen MR) is 87.9 cm³/mol. The van der Waals surface area contributed by atoms with Gasteiger partial charge >= 0.3 is 0 Å². The van der Waals surface area contributed by atoms with Crippen LogP contribution >= 0.6 is 0 Å². The van der Waals surface area contributed by atoms with Gasteiger partial charge in [-0.3, -0.25) is 0 Å². The topological polar surface area (TPSA) is 59.5 Å². The van der Waals surface area contributed by atoms with Gasteiger partial charge < -0.3 is 9.64 Å². The summed E-state index contributed by atoms with van der Waals surface area (Å²) in [5, 5.41) is 0.127. The Kier molecular flexibility index (Phi) is 4.92. The zero-order valence-electron chi connectivity index (χ0n) is 13.4. The smallest absolute Gasteiger partial charge is 0.200 e. The van der Waals surface area contributed by atoms with Crippen LogP contribution in [0.25, 0.3) is 0 Å². The van der Waals surface area contributed by atoms with E-state index >= 15 is 0 Å². The molecule has 1 fully saturated rings. The molecule has 0 amide bonds. The molecule has 1 saturated heterocycles. The maximum Gasteiger partial charge on any atom is 0.200 e. The minimum atomic E-state index is -3.40. The van der Waals surface area contributed by atoms with Crippen molar-refractivity contribution in [2.75, 3.05) is 24.6 Å². The summed E-state index contributed by atoms with van der Waals surface area (Å²) in [4.78, 5) is 6.32. The van der Waals surface area contributed by atoms with Gasteiger partial charge in [0.25, 0.3) is 0 Å². The second-order valence-electron chi connectivity index (χ2n) is 6.45. The summed E-state index contributed by atoms with van der Waals surface area (Å²) in [7, 11) is -3.40. The minimum absolute atomic E-state index is 0.127. The molecule has 0 saturated carbocycles. The maximum atomic E-state index is 12.4. The second kappa shape index (κ2) is 6.38. The van der Waals surface area contributed by atoms with E-state index in [1.54, 1.807) is 39.1 Å². The molecule has 1 aromatic rings. The van der Waals surface area contributed by atoms with E-state index in [9.17, 15) is 8.42 Å². The Morgan fingerprint density at radius 3 is 2.73 bits per heavy atom. The van der Waals surface area contributed by atoms with E-state index in [2.05, 4.69) is 16.5 Å². The zero-order valence-corrected chi connectivity index (χ0v) is 14.3. The molecule has 22 heavy (non-hydrogen) atoms. The van der Waals surface area contributed by atoms with Gasteiger partial charge in [0.05, 0.1) is 29.3 Å². The molecule has 6 heteroatoms. The number of hydrogen-bond donors (Lipinski definition) is 0. The Labute approximate surface area is 132 Å². The van der Waals surface area contributed by atoms with Crippen molar-refractivity contribution >= 4 is 15.5 Å². The lowest BCUT2D eigenvalue weighted by atomic mass is 10.3. The van der Waals surface area contributed by atoms with Gasteiger partial charge in [0, 0.05) is 13.1 Å². The number of nitrogens with zero attached hydrogens (tertiary/aromatic N) is 2. The molecule has 0 N–H and O–H groups in total. The molecule has 2 rings (SSSR count). The van der Waals surface area contributed by atoms with Crippen LogP contribution < -0.4 is 4.90 Å². The Balaban J connectivity index is 2.09. The monoisotopic (exact) mass is 324 g/mol. The lowest BCUT2D eigenvalue weighted by Gasteiger charge is -2.21. The normalized spacial score (nSPS) is 19.4. The van der Waals surface area contributed by atoms with Crippen LogP contribution in [-0.2, 0) is 14.6 Å². The van der Waals surface area contributed by atoms with Gasteiger partial charge in [0.1, 0.15) is 0 Å². The van der Waals surface area contributed by atoms with Crippen molar-refractivity contribution in [2.45, 2.75) is 43.1 Å². The molecule has 1 aliphatic rings. The van der Waals surface area contributed by atoms with Gasteiger partial charge in [-0.25, -0.2) is 13.4 Å². The number of anilines is 1. The Morgan fingerprint density at radius 1 is 1.45 bits per heavy atom.